The number of hydrogen-bond acceptors (Lipinski definition) is 1. The standard InChI is InChI=1S/C15H9F6N/c1-8-10-6-9(14(16,17)18)7-11(15(19,20)21)13(10)12-4-2-3-5-22(8)12/h2-7,10H,1H2. The summed E-state index contributed by atoms with van der Waals surface area (Å²) in [5, 5.41) is 0. The maximum absolute atomic E-state index is 13.2. The van der Waals surface area contributed by atoms with E-state index in [-0.39, 0.29) is 23.0 Å². The van der Waals surface area contributed by atoms with E-state index >= 15 is 0 Å². The quantitative estimate of drug-likeness (QED) is 0.582. The highest BCUT2D eigenvalue weighted by Crippen LogP contribution is 2.51. The summed E-state index contributed by atoms with van der Waals surface area (Å²) in [7, 11) is 0. The van der Waals surface area contributed by atoms with E-state index in [0.717, 1.165) is 6.08 Å². The molecule has 0 aromatic carbocycles. The van der Waals surface area contributed by atoms with E-state index < -0.39 is 29.4 Å². The van der Waals surface area contributed by atoms with Crippen molar-refractivity contribution in [3.05, 3.63) is 71.3 Å². The van der Waals surface area contributed by atoms with Gasteiger partial charge in [-0.2, -0.15) is 26.3 Å². The molecule has 2 aliphatic heterocycles. The van der Waals surface area contributed by atoms with Gasteiger partial charge < -0.3 is 4.90 Å². The molecular formula is C15H9F6N. The Morgan fingerprint density at radius 2 is 1.68 bits per heavy atom. The lowest BCUT2D eigenvalue weighted by Crippen LogP contribution is -2.24. The van der Waals surface area contributed by atoms with Crippen LogP contribution in [0.5, 0.6) is 0 Å². The predicted molar refractivity (Wildman–Crippen MR) is 68.1 cm³/mol. The van der Waals surface area contributed by atoms with Crippen molar-refractivity contribution in [2.45, 2.75) is 12.4 Å². The first-order valence-corrected chi connectivity index (χ1v) is 6.26. The average molecular weight is 317 g/mol. The molecule has 0 radical (unpaired) electrons. The number of hydrogen-bond donors (Lipinski definition) is 0. The zero-order chi connectivity index (χ0) is 16.3. The molecule has 1 unspecified atom stereocenters. The van der Waals surface area contributed by atoms with Gasteiger partial charge in [-0.3, -0.25) is 0 Å². The van der Waals surface area contributed by atoms with Gasteiger partial charge in [0.2, 0.25) is 0 Å². The third-order valence-electron chi connectivity index (χ3n) is 3.68. The molecule has 22 heavy (non-hydrogen) atoms. The molecule has 0 saturated heterocycles. The van der Waals surface area contributed by atoms with Crippen molar-refractivity contribution in [3.8, 4) is 0 Å². The molecule has 0 saturated carbocycles. The number of alkyl halides is 6. The highest BCUT2D eigenvalue weighted by Gasteiger charge is 2.48. The van der Waals surface area contributed by atoms with Gasteiger partial charge in [0.25, 0.3) is 0 Å². The van der Waals surface area contributed by atoms with Gasteiger partial charge in [0, 0.05) is 23.4 Å². The lowest BCUT2D eigenvalue weighted by atomic mass is 9.84. The minimum absolute atomic E-state index is 0.168. The van der Waals surface area contributed by atoms with E-state index in [4.69, 9.17) is 0 Å². The van der Waals surface area contributed by atoms with Crippen LogP contribution in [0.1, 0.15) is 0 Å². The Bertz CT molecular complexity index is 697. The topological polar surface area (TPSA) is 3.24 Å². The van der Waals surface area contributed by atoms with E-state index in [2.05, 4.69) is 6.58 Å². The summed E-state index contributed by atoms with van der Waals surface area (Å²) in [6.07, 6.45) is -2.73. The Morgan fingerprint density at radius 3 is 2.27 bits per heavy atom. The Balaban J connectivity index is 2.23. The van der Waals surface area contributed by atoms with Crippen LogP contribution >= 0.6 is 0 Å². The molecule has 0 aromatic rings. The lowest BCUT2D eigenvalue weighted by molar-refractivity contribution is -0.0956. The second-order valence-corrected chi connectivity index (χ2v) is 5.01. The summed E-state index contributed by atoms with van der Waals surface area (Å²) < 4.78 is 78.4. The molecule has 0 aromatic heterocycles. The van der Waals surface area contributed by atoms with E-state index in [9.17, 15) is 26.3 Å². The van der Waals surface area contributed by atoms with Crippen LogP contribution < -0.4 is 0 Å². The van der Waals surface area contributed by atoms with Gasteiger partial charge in [-0.15, -0.1) is 0 Å². The molecule has 0 N–H and O–H groups in total. The van der Waals surface area contributed by atoms with Gasteiger partial charge in [-0.05, 0) is 18.2 Å². The SMILES string of the molecule is C=C1C2C=C(C(F)(F)F)C=C(C(F)(F)F)C2=C2C=CC=CN12. The number of rotatable bonds is 0. The molecule has 0 bridgehead atoms. The smallest absolute Gasteiger partial charge is 0.320 e. The normalized spacial score (nSPS) is 24.4. The monoisotopic (exact) mass is 317 g/mol. The predicted octanol–water partition coefficient (Wildman–Crippen LogP) is 4.76. The maximum Gasteiger partial charge on any atom is 0.416 e. The van der Waals surface area contributed by atoms with Crippen LogP contribution in [0.2, 0.25) is 0 Å². The first-order chi connectivity index (χ1) is 10.1. The largest absolute Gasteiger partial charge is 0.416 e. The molecule has 2 heterocycles. The van der Waals surface area contributed by atoms with Gasteiger partial charge in [0.05, 0.1) is 16.8 Å². The van der Waals surface area contributed by atoms with Crippen LogP contribution in [0.25, 0.3) is 0 Å². The van der Waals surface area contributed by atoms with Gasteiger partial charge in [0.15, 0.2) is 0 Å². The molecular weight excluding hydrogens is 308 g/mol. The summed E-state index contributed by atoms with van der Waals surface area (Å²) in [5.74, 6) is -1.14. The third-order valence-corrected chi connectivity index (χ3v) is 3.68. The molecule has 1 nitrogen and oxygen atoms in total. The summed E-state index contributed by atoms with van der Waals surface area (Å²) in [5.41, 5.74) is -2.39. The molecule has 3 rings (SSSR count). The van der Waals surface area contributed by atoms with Crippen LogP contribution in [-0.4, -0.2) is 17.3 Å². The second kappa shape index (κ2) is 4.41. The maximum atomic E-state index is 13.2. The average Bonchev–Trinajstić information content (AvgIpc) is 2.70. The Kier molecular flexibility index (Phi) is 2.95. The summed E-state index contributed by atoms with van der Waals surface area (Å²) in [4.78, 5) is 1.38. The van der Waals surface area contributed by atoms with E-state index in [1.165, 1.54) is 23.3 Å². The molecule has 7 heteroatoms. The molecule has 0 amide bonds. The summed E-state index contributed by atoms with van der Waals surface area (Å²) >= 11 is 0. The molecule has 0 spiro atoms. The first kappa shape index (κ1) is 14.7. The van der Waals surface area contributed by atoms with Crippen LogP contribution in [0.3, 0.4) is 0 Å². The molecule has 3 aliphatic rings. The van der Waals surface area contributed by atoms with Crippen molar-refractivity contribution >= 4 is 0 Å². The lowest BCUT2D eigenvalue weighted by Gasteiger charge is -2.24. The minimum Gasteiger partial charge on any atom is -0.320 e. The molecule has 0 fully saturated rings. The van der Waals surface area contributed by atoms with Gasteiger partial charge in [-0.25, -0.2) is 0 Å². The van der Waals surface area contributed by atoms with Gasteiger partial charge in [-0.1, -0.05) is 18.7 Å². The zero-order valence-electron chi connectivity index (χ0n) is 11.0. The number of allylic oxidation sites excluding steroid dienone is 7. The fourth-order valence-corrected chi connectivity index (χ4v) is 2.75. The van der Waals surface area contributed by atoms with Crippen molar-refractivity contribution in [3.63, 3.8) is 0 Å². The minimum atomic E-state index is -4.88. The molecule has 1 aliphatic carbocycles. The molecule has 116 valence electrons. The number of fused-ring (bicyclic) bond motifs is 2. The number of halogens is 6. The Hall–Kier alpha value is -2.18. The first-order valence-electron chi connectivity index (χ1n) is 6.26. The highest BCUT2D eigenvalue weighted by atomic mass is 19.4. The van der Waals surface area contributed by atoms with Crippen LogP contribution in [-0.2, 0) is 0 Å². The van der Waals surface area contributed by atoms with Crippen molar-refractivity contribution in [1.29, 1.82) is 0 Å². The van der Waals surface area contributed by atoms with E-state index in [1.807, 2.05) is 0 Å². The van der Waals surface area contributed by atoms with Crippen molar-refractivity contribution in [2.24, 2.45) is 5.92 Å². The highest BCUT2D eigenvalue weighted by molar-refractivity contribution is 5.61. The Morgan fingerprint density at radius 1 is 1.00 bits per heavy atom. The fraction of sp³-hybridized carbons (Fsp3) is 0.200. The van der Waals surface area contributed by atoms with Crippen LogP contribution in [0.15, 0.2) is 71.3 Å². The van der Waals surface area contributed by atoms with Gasteiger partial charge in [0.1, 0.15) is 0 Å². The van der Waals surface area contributed by atoms with Crippen LogP contribution in [0, 0.1) is 5.92 Å². The van der Waals surface area contributed by atoms with Crippen molar-refractivity contribution in [2.75, 3.05) is 0 Å². The fourth-order valence-electron chi connectivity index (χ4n) is 2.75. The van der Waals surface area contributed by atoms with Crippen molar-refractivity contribution < 1.29 is 26.3 Å². The zero-order valence-corrected chi connectivity index (χ0v) is 11.0. The van der Waals surface area contributed by atoms with E-state index in [1.54, 1.807) is 6.08 Å². The molecule has 1 atom stereocenters. The Labute approximate surface area is 121 Å². The van der Waals surface area contributed by atoms with E-state index in [0.29, 0.717) is 0 Å². The number of nitrogens with zero attached hydrogens (tertiary/aromatic N) is 1. The third kappa shape index (κ3) is 2.12. The summed E-state index contributed by atoms with van der Waals surface area (Å²) in [6.45, 7) is 3.65. The van der Waals surface area contributed by atoms with Crippen molar-refractivity contribution in [1.82, 2.24) is 4.90 Å². The summed E-state index contributed by atoms with van der Waals surface area (Å²) in [6, 6.07) is 0. The van der Waals surface area contributed by atoms with Gasteiger partial charge >= 0.3 is 12.4 Å². The second-order valence-electron chi connectivity index (χ2n) is 5.01. The van der Waals surface area contributed by atoms with Crippen LogP contribution in [0.4, 0.5) is 26.3 Å².